The first kappa shape index (κ1) is 18.0. The summed E-state index contributed by atoms with van der Waals surface area (Å²) in [6.45, 7) is 3.79. The lowest BCUT2D eigenvalue weighted by atomic mass is 10.1. The van der Waals surface area contributed by atoms with E-state index in [1.807, 2.05) is 26.0 Å². The van der Waals surface area contributed by atoms with Crippen LogP contribution in [0.3, 0.4) is 0 Å². The third-order valence-corrected chi connectivity index (χ3v) is 3.86. The molecule has 2 amide bonds. The second-order valence-electron chi connectivity index (χ2n) is 5.26. The molecule has 0 radical (unpaired) electrons. The normalized spacial score (nSPS) is 10.7. The Kier molecular flexibility index (Phi) is 6.01. The number of rotatable bonds is 3. The predicted molar refractivity (Wildman–Crippen MR) is 97.0 cm³/mol. The fourth-order valence-corrected chi connectivity index (χ4v) is 2.57. The van der Waals surface area contributed by atoms with E-state index in [1.54, 1.807) is 24.3 Å². The van der Waals surface area contributed by atoms with Crippen LogP contribution in [0.15, 0.2) is 42.5 Å². The van der Waals surface area contributed by atoms with Crippen LogP contribution >= 0.6 is 23.2 Å². The van der Waals surface area contributed by atoms with Crippen LogP contribution in [0.4, 0.5) is 0 Å². The van der Waals surface area contributed by atoms with E-state index in [9.17, 15) is 9.59 Å². The molecular formula is C18H16Cl2N2O2. The fourth-order valence-electron chi connectivity index (χ4n) is 2.10. The second kappa shape index (κ2) is 7.99. The fraction of sp³-hybridized carbons (Fsp3) is 0.111. The van der Waals surface area contributed by atoms with Crippen LogP contribution in [-0.2, 0) is 4.79 Å². The SMILES string of the molecule is Cc1ccc(C(=O)NNC(=O)/C=C/c2ccc(Cl)cc2Cl)c(C)c1. The summed E-state index contributed by atoms with van der Waals surface area (Å²) in [5, 5.41) is 0.952. The summed E-state index contributed by atoms with van der Waals surface area (Å²) in [6, 6.07) is 10.4. The Bertz CT molecular complexity index is 817. The van der Waals surface area contributed by atoms with Crippen molar-refractivity contribution in [3.05, 3.63) is 74.8 Å². The van der Waals surface area contributed by atoms with Gasteiger partial charge in [-0.2, -0.15) is 0 Å². The first-order chi connectivity index (χ1) is 11.4. The van der Waals surface area contributed by atoms with Gasteiger partial charge in [-0.1, -0.05) is 47.0 Å². The molecule has 24 heavy (non-hydrogen) atoms. The van der Waals surface area contributed by atoms with Gasteiger partial charge in [-0.15, -0.1) is 0 Å². The van der Waals surface area contributed by atoms with Gasteiger partial charge in [0.2, 0.25) is 0 Å². The Balaban J connectivity index is 1.95. The van der Waals surface area contributed by atoms with Crippen molar-refractivity contribution >= 4 is 41.1 Å². The highest BCUT2D eigenvalue weighted by Gasteiger charge is 2.09. The maximum atomic E-state index is 12.1. The highest BCUT2D eigenvalue weighted by molar-refractivity contribution is 6.35. The molecule has 0 spiro atoms. The van der Waals surface area contributed by atoms with Crippen LogP contribution in [0.5, 0.6) is 0 Å². The van der Waals surface area contributed by atoms with E-state index >= 15 is 0 Å². The number of benzene rings is 2. The number of nitrogens with one attached hydrogen (secondary N) is 2. The number of carbonyl (C=O) groups excluding carboxylic acids is 2. The number of amides is 2. The molecule has 0 aromatic heterocycles. The van der Waals surface area contributed by atoms with Gasteiger partial charge in [0, 0.05) is 21.7 Å². The van der Waals surface area contributed by atoms with Gasteiger partial charge in [-0.3, -0.25) is 20.4 Å². The second-order valence-corrected chi connectivity index (χ2v) is 6.10. The molecule has 0 atom stereocenters. The Morgan fingerprint density at radius 2 is 1.75 bits per heavy atom. The van der Waals surface area contributed by atoms with E-state index in [2.05, 4.69) is 10.9 Å². The molecule has 2 aromatic carbocycles. The smallest absolute Gasteiger partial charge is 0.268 e. The molecule has 0 heterocycles. The zero-order valence-electron chi connectivity index (χ0n) is 13.2. The maximum absolute atomic E-state index is 12.1. The van der Waals surface area contributed by atoms with Crippen LogP contribution in [0.2, 0.25) is 10.0 Å². The summed E-state index contributed by atoms with van der Waals surface area (Å²) in [5.41, 5.74) is 7.76. The monoisotopic (exact) mass is 362 g/mol. The highest BCUT2D eigenvalue weighted by atomic mass is 35.5. The Hall–Kier alpha value is -2.30. The van der Waals surface area contributed by atoms with E-state index in [0.29, 0.717) is 21.2 Å². The molecule has 0 aliphatic heterocycles. The maximum Gasteiger partial charge on any atom is 0.269 e. The van der Waals surface area contributed by atoms with Crippen molar-refractivity contribution in [2.24, 2.45) is 0 Å². The number of carbonyl (C=O) groups is 2. The number of hydrazine groups is 1. The van der Waals surface area contributed by atoms with Crippen molar-refractivity contribution in [1.29, 1.82) is 0 Å². The lowest BCUT2D eigenvalue weighted by Crippen LogP contribution is -2.41. The molecule has 124 valence electrons. The van der Waals surface area contributed by atoms with Crippen LogP contribution < -0.4 is 10.9 Å². The minimum Gasteiger partial charge on any atom is -0.268 e. The average Bonchev–Trinajstić information content (AvgIpc) is 2.51. The van der Waals surface area contributed by atoms with Crippen molar-refractivity contribution in [1.82, 2.24) is 10.9 Å². The molecule has 2 N–H and O–H groups in total. The van der Waals surface area contributed by atoms with Crippen LogP contribution in [-0.4, -0.2) is 11.8 Å². The number of aryl methyl sites for hydroxylation is 2. The summed E-state index contributed by atoms with van der Waals surface area (Å²) in [4.78, 5) is 23.8. The summed E-state index contributed by atoms with van der Waals surface area (Å²) < 4.78 is 0. The first-order valence-electron chi connectivity index (χ1n) is 7.17. The van der Waals surface area contributed by atoms with E-state index in [-0.39, 0.29) is 5.91 Å². The minimum absolute atomic E-state index is 0.376. The molecule has 0 bridgehead atoms. The third-order valence-electron chi connectivity index (χ3n) is 3.30. The first-order valence-corrected chi connectivity index (χ1v) is 7.93. The lowest BCUT2D eigenvalue weighted by Gasteiger charge is -2.08. The molecule has 0 unspecified atom stereocenters. The average molecular weight is 363 g/mol. The highest BCUT2D eigenvalue weighted by Crippen LogP contribution is 2.21. The molecule has 4 nitrogen and oxygen atoms in total. The molecular weight excluding hydrogens is 347 g/mol. The van der Waals surface area contributed by atoms with Crippen molar-refractivity contribution in [2.45, 2.75) is 13.8 Å². The van der Waals surface area contributed by atoms with E-state index in [0.717, 1.165) is 11.1 Å². The van der Waals surface area contributed by atoms with Gasteiger partial charge in [0.1, 0.15) is 0 Å². The van der Waals surface area contributed by atoms with Gasteiger partial charge in [0.05, 0.1) is 0 Å². The van der Waals surface area contributed by atoms with Crippen molar-refractivity contribution < 1.29 is 9.59 Å². The molecule has 0 saturated heterocycles. The molecule has 0 aliphatic carbocycles. The van der Waals surface area contributed by atoms with E-state index in [1.165, 1.54) is 12.2 Å². The molecule has 2 rings (SSSR count). The largest absolute Gasteiger partial charge is 0.269 e. The Labute approximate surface area is 150 Å². The minimum atomic E-state index is -0.473. The molecule has 6 heteroatoms. The summed E-state index contributed by atoms with van der Waals surface area (Å²) in [6.07, 6.45) is 2.81. The van der Waals surface area contributed by atoms with Crippen molar-refractivity contribution in [3.63, 3.8) is 0 Å². The number of hydrogen-bond donors (Lipinski definition) is 2. The summed E-state index contributed by atoms with van der Waals surface area (Å²) in [5.74, 6) is -0.849. The molecule has 2 aromatic rings. The third kappa shape index (κ3) is 4.85. The molecule has 0 aliphatic rings. The number of halogens is 2. The lowest BCUT2D eigenvalue weighted by molar-refractivity contribution is -0.117. The van der Waals surface area contributed by atoms with Gasteiger partial charge in [0.15, 0.2) is 0 Å². The zero-order chi connectivity index (χ0) is 17.7. The summed E-state index contributed by atoms with van der Waals surface area (Å²) in [7, 11) is 0. The van der Waals surface area contributed by atoms with E-state index in [4.69, 9.17) is 23.2 Å². The van der Waals surface area contributed by atoms with Crippen LogP contribution in [0, 0.1) is 13.8 Å². The molecule has 0 fully saturated rings. The predicted octanol–water partition coefficient (Wildman–Crippen LogP) is 4.08. The summed E-state index contributed by atoms with van der Waals surface area (Å²) >= 11 is 11.8. The standard InChI is InChI=1S/C18H16Cl2N2O2/c1-11-3-7-15(12(2)9-11)18(24)22-21-17(23)8-5-13-4-6-14(19)10-16(13)20/h3-10H,1-2H3,(H,21,23)(H,22,24)/b8-5+. The Morgan fingerprint density at radius 3 is 2.42 bits per heavy atom. The zero-order valence-corrected chi connectivity index (χ0v) is 14.7. The van der Waals surface area contributed by atoms with Crippen LogP contribution in [0.25, 0.3) is 6.08 Å². The number of hydrogen-bond acceptors (Lipinski definition) is 2. The topological polar surface area (TPSA) is 58.2 Å². The van der Waals surface area contributed by atoms with Crippen LogP contribution in [0.1, 0.15) is 27.0 Å². The van der Waals surface area contributed by atoms with Gasteiger partial charge < -0.3 is 0 Å². The van der Waals surface area contributed by atoms with Gasteiger partial charge in [-0.05, 0) is 49.2 Å². The Morgan fingerprint density at radius 1 is 1.00 bits per heavy atom. The van der Waals surface area contributed by atoms with Crippen molar-refractivity contribution in [3.8, 4) is 0 Å². The van der Waals surface area contributed by atoms with E-state index < -0.39 is 5.91 Å². The van der Waals surface area contributed by atoms with Gasteiger partial charge in [-0.25, -0.2) is 0 Å². The van der Waals surface area contributed by atoms with Crippen molar-refractivity contribution in [2.75, 3.05) is 0 Å². The quantitative estimate of drug-likeness (QED) is 0.638. The van der Waals surface area contributed by atoms with Gasteiger partial charge in [0.25, 0.3) is 11.8 Å². The molecule has 0 saturated carbocycles. The van der Waals surface area contributed by atoms with Gasteiger partial charge >= 0.3 is 0 Å².